The summed E-state index contributed by atoms with van der Waals surface area (Å²) in [6, 6.07) is 0.231. The van der Waals surface area contributed by atoms with Gasteiger partial charge in [0.1, 0.15) is 5.60 Å². The SMILES string of the molecule is CCNCC(C)(O)c1c(Br)cnn1C(C)C. The number of rotatable bonds is 5. The fourth-order valence-electron chi connectivity index (χ4n) is 1.69. The summed E-state index contributed by atoms with van der Waals surface area (Å²) < 4.78 is 2.70. The maximum absolute atomic E-state index is 10.5. The van der Waals surface area contributed by atoms with Gasteiger partial charge in [-0.25, -0.2) is 0 Å². The number of likely N-dealkylation sites (N-methyl/N-ethyl adjacent to an activating group) is 1. The maximum Gasteiger partial charge on any atom is 0.117 e. The Morgan fingerprint density at radius 1 is 1.62 bits per heavy atom. The van der Waals surface area contributed by atoms with Crippen molar-refractivity contribution in [3.05, 3.63) is 16.4 Å². The molecule has 0 spiro atoms. The molecule has 0 aliphatic heterocycles. The smallest absolute Gasteiger partial charge is 0.117 e. The van der Waals surface area contributed by atoms with Gasteiger partial charge in [0.15, 0.2) is 0 Å². The van der Waals surface area contributed by atoms with E-state index in [-0.39, 0.29) is 6.04 Å². The Labute approximate surface area is 105 Å². The summed E-state index contributed by atoms with van der Waals surface area (Å²) in [5, 5.41) is 17.9. The van der Waals surface area contributed by atoms with Crippen LogP contribution in [0.4, 0.5) is 0 Å². The normalized spacial score (nSPS) is 15.4. The molecule has 16 heavy (non-hydrogen) atoms. The third-order valence-electron chi connectivity index (χ3n) is 2.47. The van der Waals surface area contributed by atoms with Gasteiger partial charge in [0.2, 0.25) is 0 Å². The second-order valence-corrected chi connectivity index (χ2v) is 5.29. The van der Waals surface area contributed by atoms with E-state index in [1.807, 2.05) is 25.5 Å². The summed E-state index contributed by atoms with van der Waals surface area (Å²) in [7, 11) is 0. The highest BCUT2D eigenvalue weighted by atomic mass is 79.9. The molecule has 1 aromatic rings. The van der Waals surface area contributed by atoms with Crippen molar-refractivity contribution >= 4 is 15.9 Å². The molecule has 0 saturated carbocycles. The largest absolute Gasteiger partial charge is 0.382 e. The van der Waals surface area contributed by atoms with Crippen molar-refractivity contribution in [3.8, 4) is 0 Å². The first-order valence-electron chi connectivity index (χ1n) is 5.56. The molecule has 5 heteroatoms. The van der Waals surface area contributed by atoms with Crippen LogP contribution >= 0.6 is 15.9 Å². The topological polar surface area (TPSA) is 50.1 Å². The van der Waals surface area contributed by atoms with E-state index in [2.05, 4.69) is 26.3 Å². The maximum atomic E-state index is 10.5. The minimum Gasteiger partial charge on any atom is -0.382 e. The van der Waals surface area contributed by atoms with Crippen LogP contribution in [0.5, 0.6) is 0 Å². The van der Waals surface area contributed by atoms with Crippen molar-refractivity contribution in [1.29, 1.82) is 0 Å². The summed E-state index contributed by atoms with van der Waals surface area (Å²) in [5.41, 5.74) is -0.0984. The van der Waals surface area contributed by atoms with Crippen molar-refractivity contribution in [1.82, 2.24) is 15.1 Å². The van der Waals surface area contributed by atoms with E-state index in [0.29, 0.717) is 6.54 Å². The molecule has 0 radical (unpaired) electrons. The van der Waals surface area contributed by atoms with Gasteiger partial charge in [0.05, 0.1) is 16.4 Å². The number of halogens is 1. The van der Waals surface area contributed by atoms with Gasteiger partial charge in [-0.1, -0.05) is 6.92 Å². The van der Waals surface area contributed by atoms with Gasteiger partial charge < -0.3 is 10.4 Å². The Morgan fingerprint density at radius 3 is 2.75 bits per heavy atom. The Balaban J connectivity index is 3.05. The first-order chi connectivity index (χ1) is 7.40. The Morgan fingerprint density at radius 2 is 2.25 bits per heavy atom. The van der Waals surface area contributed by atoms with Gasteiger partial charge in [-0.2, -0.15) is 5.10 Å². The molecule has 92 valence electrons. The summed E-state index contributed by atoms with van der Waals surface area (Å²) in [6.45, 7) is 9.27. The molecule has 0 aliphatic carbocycles. The highest BCUT2D eigenvalue weighted by Gasteiger charge is 2.30. The van der Waals surface area contributed by atoms with Gasteiger partial charge in [0, 0.05) is 12.6 Å². The number of hydrogen-bond donors (Lipinski definition) is 2. The van der Waals surface area contributed by atoms with Gasteiger partial charge in [-0.15, -0.1) is 0 Å². The fourth-order valence-corrected chi connectivity index (χ4v) is 2.39. The molecule has 1 rings (SSSR count). The second-order valence-electron chi connectivity index (χ2n) is 4.43. The molecule has 0 aliphatic rings. The number of aromatic nitrogens is 2. The summed E-state index contributed by atoms with van der Waals surface area (Å²) in [6.07, 6.45) is 1.73. The molecule has 1 atom stereocenters. The zero-order valence-corrected chi connectivity index (χ0v) is 11.9. The van der Waals surface area contributed by atoms with Gasteiger partial charge in [-0.3, -0.25) is 4.68 Å². The molecule has 2 N–H and O–H groups in total. The van der Waals surface area contributed by atoms with E-state index in [9.17, 15) is 5.11 Å². The van der Waals surface area contributed by atoms with E-state index < -0.39 is 5.60 Å². The average Bonchev–Trinajstić information content (AvgIpc) is 2.58. The number of nitrogens with one attached hydrogen (secondary N) is 1. The van der Waals surface area contributed by atoms with Crippen molar-refractivity contribution in [3.63, 3.8) is 0 Å². The fraction of sp³-hybridized carbons (Fsp3) is 0.727. The molecule has 1 heterocycles. The lowest BCUT2D eigenvalue weighted by Gasteiger charge is -2.26. The van der Waals surface area contributed by atoms with Gasteiger partial charge >= 0.3 is 0 Å². The number of aliphatic hydroxyl groups is 1. The van der Waals surface area contributed by atoms with Crippen LogP contribution in [0.15, 0.2) is 10.7 Å². The van der Waals surface area contributed by atoms with Crippen LogP contribution < -0.4 is 5.32 Å². The predicted molar refractivity (Wildman–Crippen MR) is 68.4 cm³/mol. The van der Waals surface area contributed by atoms with Crippen LogP contribution in [0.2, 0.25) is 0 Å². The highest BCUT2D eigenvalue weighted by molar-refractivity contribution is 9.10. The summed E-state index contributed by atoms with van der Waals surface area (Å²) >= 11 is 3.44. The molecule has 0 aromatic carbocycles. The minimum absolute atomic E-state index is 0.231. The average molecular weight is 290 g/mol. The Hall–Kier alpha value is -0.390. The number of hydrogen-bond acceptors (Lipinski definition) is 3. The van der Waals surface area contributed by atoms with E-state index >= 15 is 0 Å². The molecule has 0 bridgehead atoms. The zero-order chi connectivity index (χ0) is 12.3. The molecule has 4 nitrogen and oxygen atoms in total. The molecular weight excluding hydrogens is 270 g/mol. The highest BCUT2D eigenvalue weighted by Crippen LogP contribution is 2.29. The lowest BCUT2D eigenvalue weighted by atomic mass is 10.0. The summed E-state index contributed by atoms with van der Waals surface area (Å²) in [5.74, 6) is 0. The minimum atomic E-state index is -0.921. The second kappa shape index (κ2) is 5.29. The molecule has 0 fully saturated rings. The van der Waals surface area contributed by atoms with Gasteiger partial charge in [0.25, 0.3) is 0 Å². The molecule has 0 amide bonds. The summed E-state index contributed by atoms with van der Waals surface area (Å²) in [4.78, 5) is 0. The van der Waals surface area contributed by atoms with Crippen LogP contribution in [0, 0.1) is 0 Å². The molecule has 1 aromatic heterocycles. The first-order valence-corrected chi connectivity index (χ1v) is 6.36. The lowest BCUT2D eigenvalue weighted by molar-refractivity contribution is 0.0461. The molecule has 1 unspecified atom stereocenters. The first kappa shape index (κ1) is 13.7. The Bertz CT molecular complexity index is 347. The van der Waals surface area contributed by atoms with E-state index in [1.165, 1.54) is 0 Å². The van der Waals surface area contributed by atoms with E-state index in [0.717, 1.165) is 16.7 Å². The van der Waals surface area contributed by atoms with E-state index in [4.69, 9.17) is 0 Å². The number of nitrogens with zero attached hydrogens (tertiary/aromatic N) is 2. The van der Waals surface area contributed by atoms with Crippen molar-refractivity contribution in [2.45, 2.75) is 39.3 Å². The van der Waals surface area contributed by atoms with Crippen LogP contribution in [0.3, 0.4) is 0 Å². The van der Waals surface area contributed by atoms with E-state index in [1.54, 1.807) is 13.1 Å². The van der Waals surface area contributed by atoms with Crippen LogP contribution in [-0.2, 0) is 5.60 Å². The third kappa shape index (κ3) is 2.84. The van der Waals surface area contributed by atoms with Gasteiger partial charge in [-0.05, 0) is 43.2 Å². The molecular formula is C11H20BrN3O. The molecule has 0 saturated heterocycles. The standard InChI is InChI=1S/C11H20BrN3O/c1-5-13-7-11(4,16)10-9(12)6-14-15(10)8(2)3/h6,8,13,16H,5,7H2,1-4H3. The van der Waals surface area contributed by atoms with Crippen molar-refractivity contribution in [2.24, 2.45) is 0 Å². The van der Waals surface area contributed by atoms with Crippen LogP contribution in [0.1, 0.15) is 39.4 Å². The van der Waals surface area contributed by atoms with Crippen LogP contribution in [0.25, 0.3) is 0 Å². The monoisotopic (exact) mass is 289 g/mol. The van der Waals surface area contributed by atoms with Crippen molar-refractivity contribution in [2.75, 3.05) is 13.1 Å². The predicted octanol–water partition coefficient (Wildman–Crippen LogP) is 2.04. The Kier molecular flexibility index (Phi) is 4.52. The third-order valence-corrected chi connectivity index (χ3v) is 3.05. The quantitative estimate of drug-likeness (QED) is 0.872. The lowest BCUT2D eigenvalue weighted by Crippen LogP contribution is -2.37. The zero-order valence-electron chi connectivity index (χ0n) is 10.3. The van der Waals surface area contributed by atoms with Crippen LogP contribution in [-0.4, -0.2) is 28.0 Å². The van der Waals surface area contributed by atoms with Crippen molar-refractivity contribution < 1.29 is 5.11 Å².